The van der Waals surface area contributed by atoms with E-state index in [0.717, 1.165) is 12.0 Å². The zero-order chi connectivity index (χ0) is 15.5. The monoisotopic (exact) mass is 308 g/mol. The first-order chi connectivity index (χ1) is 10.4. The predicted molar refractivity (Wildman–Crippen MR) is 74.9 cm³/mol. The molecule has 3 aliphatic carbocycles. The maximum Gasteiger partial charge on any atom is 0.390 e. The van der Waals surface area contributed by atoms with E-state index in [4.69, 9.17) is 0 Å². The topological polar surface area (TPSA) is 32.3 Å². The largest absolute Gasteiger partial charge is 0.390 e. The first kappa shape index (κ1) is 13.8. The third kappa shape index (κ3) is 2.41. The van der Waals surface area contributed by atoms with E-state index in [1.54, 1.807) is 4.90 Å². The molecule has 4 aliphatic rings. The van der Waals surface area contributed by atoms with Gasteiger partial charge in [-0.15, -0.1) is 0 Å². The molecule has 3 nitrogen and oxygen atoms in total. The zero-order valence-electron chi connectivity index (χ0n) is 11.8. The van der Waals surface area contributed by atoms with Crippen molar-refractivity contribution in [1.29, 1.82) is 0 Å². The highest BCUT2D eigenvalue weighted by Crippen LogP contribution is 2.51. The number of amides is 1. The van der Waals surface area contributed by atoms with Gasteiger partial charge in [-0.05, 0) is 40.9 Å². The molecule has 1 aliphatic heterocycles. The maximum atomic E-state index is 12.3. The minimum Gasteiger partial charge on any atom is -0.347 e. The molecule has 1 heterocycles. The number of halogens is 3. The van der Waals surface area contributed by atoms with Gasteiger partial charge >= 0.3 is 6.18 Å². The summed E-state index contributed by atoms with van der Waals surface area (Å²) in [4.78, 5) is 14.0. The molecule has 0 radical (unpaired) electrons. The Morgan fingerprint density at radius 1 is 1.27 bits per heavy atom. The highest BCUT2D eigenvalue weighted by molar-refractivity contribution is 6.03. The Morgan fingerprint density at radius 2 is 2.05 bits per heavy atom. The highest BCUT2D eigenvalue weighted by atomic mass is 19.4. The van der Waals surface area contributed by atoms with Crippen LogP contribution in [-0.4, -0.2) is 42.7 Å². The predicted octanol–water partition coefficient (Wildman–Crippen LogP) is 2.25. The van der Waals surface area contributed by atoms with Gasteiger partial charge in [0, 0.05) is 25.2 Å². The van der Waals surface area contributed by atoms with Crippen molar-refractivity contribution in [3.8, 4) is 0 Å². The average Bonchev–Trinajstić information content (AvgIpc) is 2.87. The molecule has 6 heteroatoms. The summed E-state index contributed by atoms with van der Waals surface area (Å²) in [5, 5.41) is 2.90. The Hall–Kier alpha value is -1.82. The van der Waals surface area contributed by atoms with E-state index in [0.29, 0.717) is 18.7 Å². The third-order valence-electron chi connectivity index (χ3n) is 4.52. The highest BCUT2D eigenvalue weighted by Gasteiger charge is 2.38. The van der Waals surface area contributed by atoms with Crippen LogP contribution in [0.3, 0.4) is 0 Å². The van der Waals surface area contributed by atoms with Crippen molar-refractivity contribution in [3.63, 3.8) is 0 Å². The molecule has 0 spiro atoms. The van der Waals surface area contributed by atoms with Crippen LogP contribution in [0.5, 0.6) is 0 Å². The molecule has 0 atom stereocenters. The number of fused-ring (bicyclic) bond motifs is 2. The van der Waals surface area contributed by atoms with Crippen molar-refractivity contribution in [3.05, 3.63) is 46.1 Å². The van der Waals surface area contributed by atoms with Gasteiger partial charge in [0.25, 0.3) is 5.91 Å². The molecule has 1 N–H and O–H groups in total. The molecule has 4 rings (SSSR count). The Morgan fingerprint density at radius 3 is 2.77 bits per heavy atom. The fourth-order valence-corrected chi connectivity index (χ4v) is 3.23. The average molecular weight is 308 g/mol. The number of carbonyl (C=O) groups excluding carboxylic acids is 1. The Labute approximate surface area is 125 Å². The van der Waals surface area contributed by atoms with Crippen LogP contribution in [0.1, 0.15) is 12.8 Å². The van der Waals surface area contributed by atoms with Gasteiger partial charge in [-0.25, -0.2) is 0 Å². The summed E-state index contributed by atoms with van der Waals surface area (Å²) in [5.41, 5.74) is 5.51. The molecular weight excluding hydrogens is 293 g/mol. The molecule has 0 saturated carbocycles. The van der Waals surface area contributed by atoms with Crippen molar-refractivity contribution in [2.24, 2.45) is 0 Å². The van der Waals surface area contributed by atoms with Gasteiger partial charge in [-0.1, -0.05) is 6.08 Å². The quantitative estimate of drug-likeness (QED) is 0.864. The molecule has 0 unspecified atom stereocenters. The summed E-state index contributed by atoms with van der Waals surface area (Å²) < 4.78 is 36.4. The van der Waals surface area contributed by atoms with Gasteiger partial charge in [0.15, 0.2) is 0 Å². The number of alkyl halides is 3. The number of hydrogen-bond donors (Lipinski definition) is 1. The normalized spacial score (nSPS) is 23.5. The second-order valence-corrected chi connectivity index (χ2v) is 6.19. The number of nitrogens with one attached hydrogen (secondary N) is 1. The molecule has 0 aromatic carbocycles. The molecule has 0 bridgehead atoms. The summed E-state index contributed by atoms with van der Waals surface area (Å²) in [7, 11) is 0. The standard InChI is InChI=1S/C16H15F3N2O/c17-16(18,19)3-4-21-7-10(8-21)20-15(22)12-2-1-11-13-5-9(13)6-14(11)12/h1-2,6,10H,3-5,7-8H2,(H,20,22). The van der Waals surface area contributed by atoms with Crippen molar-refractivity contribution < 1.29 is 18.0 Å². The minimum atomic E-state index is -4.11. The summed E-state index contributed by atoms with van der Waals surface area (Å²) in [6, 6.07) is -0.0532. The zero-order valence-corrected chi connectivity index (χ0v) is 11.8. The Balaban J connectivity index is 1.25. The van der Waals surface area contributed by atoms with Crippen molar-refractivity contribution in [1.82, 2.24) is 10.2 Å². The lowest BCUT2D eigenvalue weighted by molar-refractivity contribution is -0.141. The van der Waals surface area contributed by atoms with Crippen LogP contribution < -0.4 is 5.32 Å². The number of hydrogen-bond acceptors (Lipinski definition) is 2. The summed E-state index contributed by atoms with van der Waals surface area (Å²) in [6.45, 7) is 0.985. The smallest absolute Gasteiger partial charge is 0.347 e. The van der Waals surface area contributed by atoms with Crippen LogP contribution in [0.2, 0.25) is 0 Å². The Bertz CT molecular complexity index is 676. The van der Waals surface area contributed by atoms with Gasteiger partial charge in [0.2, 0.25) is 0 Å². The van der Waals surface area contributed by atoms with Crippen molar-refractivity contribution in [2.75, 3.05) is 19.6 Å². The molecule has 1 fully saturated rings. The summed E-state index contributed by atoms with van der Waals surface area (Å²) in [6.07, 6.45) is 2.00. The van der Waals surface area contributed by atoms with Gasteiger partial charge < -0.3 is 5.32 Å². The van der Waals surface area contributed by atoms with Crippen LogP contribution in [0.15, 0.2) is 46.1 Å². The van der Waals surface area contributed by atoms with Crippen LogP contribution in [-0.2, 0) is 4.79 Å². The van der Waals surface area contributed by atoms with Gasteiger partial charge in [-0.2, -0.15) is 13.2 Å². The lowest BCUT2D eigenvalue weighted by Gasteiger charge is -2.39. The first-order valence-corrected chi connectivity index (χ1v) is 7.37. The molecular formula is C16H15F3N2O. The Kier molecular flexibility index (Phi) is 2.88. The SMILES string of the molecule is O=C(NC1CN(CCC(F)(F)F)C1)C1=CC=C2C1=CC1=C2C1. The fraction of sp³-hybridized carbons (Fsp3) is 0.438. The molecule has 1 saturated heterocycles. The first-order valence-electron chi connectivity index (χ1n) is 7.37. The third-order valence-corrected chi connectivity index (χ3v) is 4.52. The van der Waals surface area contributed by atoms with E-state index in [9.17, 15) is 18.0 Å². The molecule has 22 heavy (non-hydrogen) atoms. The fourth-order valence-electron chi connectivity index (χ4n) is 3.23. The van der Waals surface area contributed by atoms with Crippen molar-refractivity contribution in [2.45, 2.75) is 25.1 Å². The van der Waals surface area contributed by atoms with E-state index >= 15 is 0 Å². The number of rotatable bonds is 4. The lowest BCUT2D eigenvalue weighted by Crippen LogP contribution is -2.59. The number of allylic oxidation sites excluding steroid dienone is 6. The lowest BCUT2D eigenvalue weighted by atomic mass is 10.0. The van der Waals surface area contributed by atoms with E-state index in [1.165, 1.54) is 16.7 Å². The van der Waals surface area contributed by atoms with Crippen molar-refractivity contribution >= 4 is 5.91 Å². The maximum absolute atomic E-state index is 12.3. The van der Waals surface area contributed by atoms with E-state index in [1.807, 2.05) is 12.2 Å². The van der Waals surface area contributed by atoms with E-state index in [2.05, 4.69) is 11.4 Å². The second kappa shape index (κ2) is 4.59. The summed E-state index contributed by atoms with van der Waals surface area (Å²) >= 11 is 0. The van der Waals surface area contributed by atoms with Gasteiger partial charge in [0.05, 0.1) is 12.5 Å². The summed E-state index contributed by atoms with van der Waals surface area (Å²) in [5.74, 6) is -0.125. The minimum absolute atomic E-state index is 0.00602. The molecule has 116 valence electrons. The van der Waals surface area contributed by atoms with E-state index in [-0.39, 0.29) is 18.5 Å². The van der Waals surface area contributed by atoms with Crippen LogP contribution >= 0.6 is 0 Å². The second-order valence-electron chi connectivity index (χ2n) is 6.19. The van der Waals surface area contributed by atoms with E-state index < -0.39 is 12.6 Å². The van der Waals surface area contributed by atoms with Crippen LogP contribution in [0.4, 0.5) is 13.2 Å². The molecule has 0 aromatic heterocycles. The number of nitrogens with zero attached hydrogens (tertiary/aromatic N) is 1. The van der Waals surface area contributed by atoms with Gasteiger partial charge in [0.1, 0.15) is 0 Å². The number of carbonyl (C=O) groups is 1. The van der Waals surface area contributed by atoms with Crippen LogP contribution in [0.25, 0.3) is 0 Å². The number of likely N-dealkylation sites (tertiary alicyclic amines) is 1. The van der Waals surface area contributed by atoms with Gasteiger partial charge in [-0.3, -0.25) is 9.69 Å². The molecule has 0 aromatic rings. The van der Waals surface area contributed by atoms with Crippen LogP contribution in [0, 0.1) is 0 Å². The molecule has 1 amide bonds.